The van der Waals surface area contributed by atoms with Gasteiger partial charge in [-0.2, -0.15) is 0 Å². The number of benzene rings is 1. The average molecular weight is 531 g/mol. The van der Waals surface area contributed by atoms with Gasteiger partial charge in [0.25, 0.3) is 0 Å². The zero-order chi connectivity index (χ0) is 26.9. The normalized spacial score (nSPS) is 19.6. The second kappa shape index (κ2) is 13.7. The lowest BCUT2D eigenvalue weighted by Gasteiger charge is -2.40. The van der Waals surface area contributed by atoms with Gasteiger partial charge in [-0.3, -0.25) is 9.69 Å². The van der Waals surface area contributed by atoms with Crippen LogP contribution >= 0.6 is 0 Å². The van der Waals surface area contributed by atoms with Crippen molar-refractivity contribution in [1.82, 2.24) is 24.9 Å². The van der Waals surface area contributed by atoms with Crippen molar-refractivity contribution < 1.29 is 23.9 Å². The fourth-order valence-corrected chi connectivity index (χ4v) is 5.58. The largest absolute Gasteiger partial charge is 0.497 e. The van der Waals surface area contributed by atoms with Crippen molar-refractivity contribution in [2.75, 3.05) is 78.0 Å². The summed E-state index contributed by atoms with van der Waals surface area (Å²) in [7, 11) is 1.60. The number of amides is 5. The monoisotopic (exact) mass is 530 g/mol. The Labute approximate surface area is 225 Å². The van der Waals surface area contributed by atoms with E-state index >= 15 is 0 Å². The summed E-state index contributed by atoms with van der Waals surface area (Å²) in [4.78, 5) is 46.2. The summed E-state index contributed by atoms with van der Waals surface area (Å²) in [6.45, 7) is 8.42. The predicted molar refractivity (Wildman–Crippen MR) is 144 cm³/mol. The third-order valence-electron chi connectivity index (χ3n) is 7.90. The first-order valence-corrected chi connectivity index (χ1v) is 13.8. The quantitative estimate of drug-likeness (QED) is 0.559. The lowest BCUT2D eigenvalue weighted by molar-refractivity contribution is -0.132. The maximum atomic E-state index is 12.9. The lowest BCUT2D eigenvalue weighted by atomic mass is 10.0. The van der Waals surface area contributed by atoms with Crippen LogP contribution < -0.4 is 15.4 Å². The molecule has 4 rings (SSSR count). The molecule has 3 aliphatic heterocycles. The summed E-state index contributed by atoms with van der Waals surface area (Å²) in [5, 5.41) is 5.76. The minimum Gasteiger partial charge on any atom is -0.497 e. The van der Waals surface area contributed by atoms with Gasteiger partial charge in [0.15, 0.2) is 0 Å². The van der Waals surface area contributed by atoms with Crippen LogP contribution in [0.2, 0.25) is 0 Å². The third-order valence-corrected chi connectivity index (χ3v) is 7.90. The number of piperazine rings is 1. The highest BCUT2D eigenvalue weighted by Crippen LogP contribution is 2.20. The number of methoxy groups -OCH3 is 1. The highest BCUT2D eigenvalue weighted by atomic mass is 16.5. The SMILES string of the molecule is CCN(C(=O)Nc1ccc(OC)cc1)C1CCN(C(=O)NCC(=O)N2CCN(C3CCOCC3)CC2)CC1. The Balaban J connectivity index is 1.16. The van der Waals surface area contributed by atoms with Crippen molar-refractivity contribution in [3.05, 3.63) is 24.3 Å². The van der Waals surface area contributed by atoms with Crippen LogP contribution in [0.15, 0.2) is 24.3 Å². The van der Waals surface area contributed by atoms with E-state index < -0.39 is 0 Å². The zero-order valence-corrected chi connectivity index (χ0v) is 22.7. The molecule has 0 aromatic heterocycles. The van der Waals surface area contributed by atoms with Gasteiger partial charge in [0.1, 0.15) is 5.75 Å². The topological polar surface area (TPSA) is 107 Å². The zero-order valence-electron chi connectivity index (χ0n) is 22.7. The Hall–Kier alpha value is -3.05. The highest BCUT2D eigenvalue weighted by molar-refractivity contribution is 5.89. The Morgan fingerprint density at radius 2 is 1.61 bits per heavy atom. The van der Waals surface area contributed by atoms with E-state index in [4.69, 9.17) is 9.47 Å². The molecule has 0 aliphatic carbocycles. The first-order valence-electron chi connectivity index (χ1n) is 13.8. The molecule has 210 valence electrons. The van der Waals surface area contributed by atoms with Gasteiger partial charge in [-0.05, 0) is 56.9 Å². The second-order valence-corrected chi connectivity index (χ2v) is 10.1. The lowest BCUT2D eigenvalue weighted by Crippen LogP contribution is -2.55. The molecule has 3 fully saturated rings. The molecule has 11 nitrogen and oxygen atoms in total. The van der Waals surface area contributed by atoms with E-state index in [1.807, 2.05) is 28.9 Å². The molecule has 0 saturated carbocycles. The summed E-state index contributed by atoms with van der Waals surface area (Å²) in [6, 6.07) is 7.47. The van der Waals surface area contributed by atoms with Gasteiger partial charge in [0.2, 0.25) is 5.91 Å². The van der Waals surface area contributed by atoms with Crippen molar-refractivity contribution in [2.45, 2.75) is 44.7 Å². The third kappa shape index (κ3) is 7.28. The van der Waals surface area contributed by atoms with E-state index in [1.54, 1.807) is 24.1 Å². The van der Waals surface area contributed by atoms with Crippen LogP contribution in [0.3, 0.4) is 0 Å². The van der Waals surface area contributed by atoms with Crippen LogP contribution in [0.25, 0.3) is 0 Å². The molecular formula is C27H42N6O5. The molecule has 0 spiro atoms. The summed E-state index contributed by atoms with van der Waals surface area (Å²) in [6.07, 6.45) is 3.51. The van der Waals surface area contributed by atoms with Gasteiger partial charge in [-0.15, -0.1) is 0 Å². The molecule has 0 atom stereocenters. The Bertz CT molecular complexity index is 922. The van der Waals surface area contributed by atoms with Crippen LogP contribution in [0, 0.1) is 0 Å². The number of ether oxygens (including phenoxy) is 2. The number of carbonyl (C=O) groups is 3. The predicted octanol–water partition coefficient (Wildman–Crippen LogP) is 2.05. The Morgan fingerprint density at radius 1 is 0.947 bits per heavy atom. The maximum absolute atomic E-state index is 12.9. The van der Waals surface area contributed by atoms with Crippen molar-refractivity contribution in [2.24, 2.45) is 0 Å². The van der Waals surface area contributed by atoms with Crippen molar-refractivity contribution in [3.63, 3.8) is 0 Å². The van der Waals surface area contributed by atoms with E-state index in [-0.39, 0.29) is 30.6 Å². The van der Waals surface area contributed by atoms with E-state index in [0.717, 1.165) is 44.9 Å². The molecule has 38 heavy (non-hydrogen) atoms. The van der Waals surface area contributed by atoms with Gasteiger partial charge < -0.3 is 34.8 Å². The van der Waals surface area contributed by atoms with Crippen LogP contribution in [0.1, 0.15) is 32.6 Å². The molecule has 3 saturated heterocycles. The summed E-state index contributed by atoms with van der Waals surface area (Å²) in [5.74, 6) is 0.697. The smallest absolute Gasteiger partial charge is 0.322 e. The minimum atomic E-state index is -0.219. The number of hydrogen-bond donors (Lipinski definition) is 2. The van der Waals surface area contributed by atoms with Crippen molar-refractivity contribution in [3.8, 4) is 5.75 Å². The second-order valence-electron chi connectivity index (χ2n) is 10.1. The fraction of sp³-hybridized carbons (Fsp3) is 0.667. The molecule has 5 amide bonds. The summed E-state index contributed by atoms with van der Waals surface area (Å²) < 4.78 is 10.6. The molecule has 11 heteroatoms. The maximum Gasteiger partial charge on any atom is 0.322 e. The Kier molecular flexibility index (Phi) is 10.1. The number of rotatable bonds is 7. The summed E-state index contributed by atoms with van der Waals surface area (Å²) >= 11 is 0. The Morgan fingerprint density at radius 3 is 2.21 bits per heavy atom. The van der Waals surface area contributed by atoms with Crippen LogP contribution in [-0.2, 0) is 9.53 Å². The fourth-order valence-electron chi connectivity index (χ4n) is 5.58. The van der Waals surface area contributed by atoms with Crippen LogP contribution in [0.4, 0.5) is 15.3 Å². The molecule has 0 radical (unpaired) electrons. The number of piperidine rings is 1. The number of urea groups is 2. The molecular weight excluding hydrogens is 488 g/mol. The van der Waals surface area contributed by atoms with E-state index in [0.29, 0.717) is 57.3 Å². The average Bonchev–Trinajstić information content (AvgIpc) is 2.97. The van der Waals surface area contributed by atoms with Crippen LogP contribution in [0.5, 0.6) is 5.75 Å². The molecule has 3 heterocycles. The van der Waals surface area contributed by atoms with Crippen LogP contribution in [-0.4, -0.2) is 122 Å². The van der Waals surface area contributed by atoms with Gasteiger partial charge in [-0.1, -0.05) is 0 Å². The van der Waals surface area contributed by atoms with E-state index in [9.17, 15) is 14.4 Å². The number of likely N-dealkylation sites (tertiary alicyclic amines) is 1. The molecule has 1 aromatic rings. The molecule has 1 aromatic carbocycles. The number of anilines is 1. The standard InChI is InChI=1S/C27H42N6O5/c1-3-33(27(36)29-21-4-6-24(37-2)7-5-21)23-8-12-32(13-9-23)26(35)28-20-25(34)31-16-14-30(15-17-31)22-10-18-38-19-11-22/h4-7,22-23H,3,8-20H2,1-2H3,(H,28,35)(H,29,36). The van der Waals surface area contributed by atoms with Crippen molar-refractivity contribution >= 4 is 23.7 Å². The molecule has 3 aliphatic rings. The van der Waals surface area contributed by atoms with Gasteiger partial charge in [-0.25, -0.2) is 9.59 Å². The number of hydrogen-bond acceptors (Lipinski definition) is 6. The minimum absolute atomic E-state index is 0.0153. The number of carbonyl (C=O) groups excluding carboxylic acids is 3. The van der Waals surface area contributed by atoms with Gasteiger partial charge in [0.05, 0.1) is 13.7 Å². The molecule has 2 N–H and O–H groups in total. The van der Waals surface area contributed by atoms with E-state index in [2.05, 4.69) is 15.5 Å². The number of nitrogens with one attached hydrogen (secondary N) is 2. The van der Waals surface area contributed by atoms with Gasteiger partial charge in [0, 0.05) is 76.8 Å². The highest BCUT2D eigenvalue weighted by Gasteiger charge is 2.30. The first kappa shape index (κ1) is 28.0. The van der Waals surface area contributed by atoms with Crippen molar-refractivity contribution in [1.29, 1.82) is 0 Å². The first-order chi connectivity index (χ1) is 18.5. The van der Waals surface area contributed by atoms with Gasteiger partial charge >= 0.3 is 12.1 Å². The number of nitrogens with zero attached hydrogens (tertiary/aromatic N) is 4. The van der Waals surface area contributed by atoms with E-state index in [1.165, 1.54) is 0 Å². The molecule has 0 bridgehead atoms. The molecule has 0 unspecified atom stereocenters. The summed E-state index contributed by atoms with van der Waals surface area (Å²) in [5.41, 5.74) is 0.709.